The molecular formula is C10H13NOS. The quantitative estimate of drug-likeness (QED) is 0.722. The lowest BCUT2D eigenvalue weighted by Gasteiger charge is -2.02. The van der Waals surface area contributed by atoms with E-state index in [1.165, 1.54) is 0 Å². The van der Waals surface area contributed by atoms with Crippen molar-refractivity contribution in [3.8, 4) is 5.75 Å². The van der Waals surface area contributed by atoms with Crippen LogP contribution in [-0.4, -0.2) is 10.1 Å². The number of phenolic OH excluding ortho intramolecular Hbond substituents is 1. The highest BCUT2D eigenvalue weighted by molar-refractivity contribution is 7.80. The summed E-state index contributed by atoms with van der Waals surface area (Å²) in [4.78, 5) is 0.537. The highest BCUT2D eigenvalue weighted by atomic mass is 32.1. The summed E-state index contributed by atoms with van der Waals surface area (Å²) >= 11 is 4.76. The predicted octanol–water partition coefficient (Wildman–Crippen LogP) is 2.00. The number of hydrogen-bond acceptors (Lipinski definition) is 2. The molecule has 0 saturated carbocycles. The standard InChI is InChI=1S/C10H13NOS/c11-10(13)7-3-5-8-4-1-2-6-9(8)12/h1-2,4,6,12H,3,5,7H2,(H2,11,13). The molecule has 0 aliphatic carbocycles. The number of benzene rings is 1. The molecular weight excluding hydrogens is 182 g/mol. The monoisotopic (exact) mass is 195 g/mol. The fourth-order valence-corrected chi connectivity index (χ4v) is 1.32. The molecule has 1 aromatic carbocycles. The van der Waals surface area contributed by atoms with Crippen LogP contribution < -0.4 is 5.73 Å². The van der Waals surface area contributed by atoms with Gasteiger partial charge in [-0.25, -0.2) is 0 Å². The Balaban J connectivity index is 2.45. The molecule has 0 heterocycles. The van der Waals surface area contributed by atoms with Crippen LogP contribution in [0, 0.1) is 0 Å². The first-order valence-electron chi connectivity index (χ1n) is 4.25. The molecule has 0 aliphatic heterocycles. The van der Waals surface area contributed by atoms with Gasteiger partial charge in [-0.05, 0) is 30.9 Å². The molecule has 0 atom stereocenters. The molecule has 0 unspecified atom stereocenters. The molecule has 2 nitrogen and oxygen atoms in total. The summed E-state index contributed by atoms with van der Waals surface area (Å²) in [6.07, 6.45) is 2.46. The van der Waals surface area contributed by atoms with E-state index >= 15 is 0 Å². The Morgan fingerprint density at radius 1 is 1.38 bits per heavy atom. The van der Waals surface area contributed by atoms with Crippen LogP contribution in [0.25, 0.3) is 0 Å². The highest BCUT2D eigenvalue weighted by Crippen LogP contribution is 2.17. The minimum absolute atomic E-state index is 0.352. The second-order valence-electron chi connectivity index (χ2n) is 2.95. The van der Waals surface area contributed by atoms with Crippen LogP contribution in [0.4, 0.5) is 0 Å². The molecule has 0 fully saturated rings. The van der Waals surface area contributed by atoms with Gasteiger partial charge < -0.3 is 10.8 Å². The first kappa shape index (κ1) is 9.99. The van der Waals surface area contributed by atoms with Crippen molar-refractivity contribution in [1.82, 2.24) is 0 Å². The van der Waals surface area contributed by atoms with Crippen molar-refractivity contribution in [3.63, 3.8) is 0 Å². The molecule has 0 aromatic heterocycles. The van der Waals surface area contributed by atoms with Crippen molar-refractivity contribution in [3.05, 3.63) is 29.8 Å². The maximum atomic E-state index is 9.41. The first-order valence-corrected chi connectivity index (χ1v) is 4.66. The number of thiocarbonyl (C=S) groups is 1. The molecule has 1 rings (SSSR count). The molecule has 0 bridgehead atoms. The SMILES string of the molecule is NC(=S)CCCc1ccccc1O. The van der Waals surface area contributed by atoms with E-state index in [2.05, 4.69) is 0 Å². The first-order chi connectivity index (χ1) is 6.20. The number of hydrogen-bond donors (Lipinski definition) is 2. The molecule has 0 aliphatic rings. The van der Waals surface area contributed by atoms with Gasteiger partial charge >= 0.3 is 0 Å². The number of rotatable bonds is 4. The van der Waals surface area contributed by atoms with Crippen LogP contribution in [0.15, 0.2) is 24.3 Å². The fourth-order valence-electron chi connectivity index (χ4n) is 1.18. The van der Waals surface area contributed by atoms with E-state index < -0.39 is 0 Å². The zero-order chi connectivity index (χ0) is 9.68. The Bertz CT molecular complexity index is 299. The Morgan fingerprint density at radius 3 is 2.69 bits per heavy atom. The highest BCUT2D eigenvalue weighted by Gasteiger charge is 1.99. The molecule has 3 N–H and O–H groups in total. The van der Waals surface area contributed by atoms with Gasteiger partial charge in [-0.3, -0.25) is 0 Å². The van der Waals surface area contributed by atoms with Crippen molar-refractivity contribution in [2.45, 2.75) is 19.3 Å². The minimum atomic E-state index is 0.352. The maximum absolute atomic E-state index is 9.41. The van der Waals surface area contributed by atoms with E-state index in [0.717, 1.165) is 24.8 Å². The van der Waals surface area contributed by atoms with Crippen LogP contribution in [-0.2, 0) is 6.42 Å². The Morgan fingerprint density at radius 2 is 2.08 bits per heavy atom. The molecule has 0 spiro atoms. The van der Waals surface area contributed by atoms with E-state index in [9.17, 15) is 5.11 Å². The predicted molar refractivity (Wildman–Crippen MR) is 57.8 cm³/mol. The molecule has 3 heteroatoms. The average Bonchev–Trinajstić information content (AvgIpc) is 2.08. The van der Waals surface area contributed by atoms with Crippen molar-refractivity contribution in [1.29, 1.82) is 0 Å². The van der Waals surface area contributed by atoms with Crippen LogP contribution >= 0.6 is 12.2 Å². The number of nitrogens with two attached hydrogens (primary N) is 1. The van der Waals surface area contributed by atoms with Gasteiger partial charge in [-0.15, -0.1) is 0 Å². The van der Waals surface area contributed by atoms with Gasteiger partial charge in [-0.2, -0.15) is 0 Å². The van der Waals surface area contributed by atoms with Crippen LogP contribution in [0.1, 0.15) is 18.4 Å². The third-order valence-corrected chi connectivity index (χ3v) is 2.07. The number of aryl methyl sites for hydroxylation is 1. The van der Waals surface area contributed by atoms with Gasteiger partial charge in [0.15, 0.2) is 0 Å². The van der Waals surface area contributed by atoms with E-state index in [-0.39, 0.29) is 0 Å². The molecule has 0 saturated heterocycles. The normalized spacial score (nSPS) is 9.85. The van der Waals surface area contributed by atoms with Gasteiger partial charge in [0.2, 0.25) is 0 Å². The molecule has 0 radical (unpaired) electrons. The lowest BCUT2D eigenvalue weighted by molar-refractivity contribution is 0.467. The van der Waals surface area contributed by atoms with Gasteiger partial charge in [0.25, 0.3) is 0 Å². The smallest absolute Gasteiger partial charge is 0.118 e. The molecule has 0 amide bonds. The summed E-state index contributed by atoms with van der Waals surface area (Å²) in [5.74, 6) is 0.352. The zero-order valence-corrected chi connectivity index (χ0v) is 8.18. The summed E-state index contributed by atoms with van der Waals surface area (Å²) in [6, 6.07) is 7.33. The lowest BCUT2D eigenvalue weighted by atomic mass is 10.1. The lowest BCUT2D eigenvalue weighted by Crippen LogP contribution is -2.07. The fraction of sp³-hybridized carbons (Fsp3) is 0.300. The van der Waals surface area contributed by atoms with Crippen LogP contribution in [0.2, 0.25) is 0 Å². The topological polar surface area (TPSA) is 46.2 Å². The maximum Gasteiger partial charge on any atom is 0.118 e. The van der Waals surface area contributed by atoms with Crippen LogP contribution in [0.3, 0.4) is 0 Å². The number of para-hydroxylation sites is 1. The molecule has 70 valence electrons. The van der Waals surface area contributed by atoms with Gasteiger partial charge in [-0.1, -0.05) is 30.4 Å². The van der Waals surface area contributed by atoms with Crippen LogP contribution in [0.5, 0.6) is 5.75 Å². The number of aromatic hydroxyl groups is 1. The second kappa shape index (κ2) is 4.82. The van der Waals surface area contributed by atoms with Crippen molar-refractivity contribution >= 4 is 17.2 Å². The van der Waals surface area contributed by atoms with E-state index in [0.29, 0.717) is 10.7 Å². The third-order valence-electron chi connectivity index (χ3n) is 1.86. The van der Waals surface area contributed by atoms with Crippen molar-refractivity contribution in [2.24, 2.45) is 5.73 Å². The minimum Gasteiger partial charge on any atom is -0.508 e. The van der Waals surface area contributed by atoms with E-state index in [1.54, 1.807) is 6.07 Å². The molecule has 1 aromatic rings. The second-order valence-corrected chi connectivity index (χ2v) is 3.47. The summed E-state index contributed by atoms with van der Waals surface area (Å²) in [7, 11) is 0. The Labute approximate surface area is 83.4 Å². The number of phenols is 1. The largest absolute Gasteiger partial charge is 0.508 e. The summed E-state index contributed by atoms with van der Waals surface area (Å²) in [6.45, 7) is 0. The van der Waals surface area contributed by atoms with E-state index in [1.807, 2.05) is 18.2 Å². The van der Waals surface area contributed by atoms with Gasteiger partial charge in [0.05, 0.1) is 4.99 Å². The summed E-state index contributed by atoms with van der Waals surface area (Å²) in [5.41, 5.74) is 6.32. The van der Waals surface area contributed by atoms with Gasteiger partial charge in [0, 0.05) is 0 Å². The van der Waals surface area contributed by atoms with Crippen molar-refractivity contribution < 1.29 is 5.11 Å². The Kier molecular flexibility index (Phi) is 3.71. The Hall–Kier alpha value is -1.09. The third kappa shape index (κ3) is 3.42. The zero-order valence-electron chi connectivity index (χ0n) is 7.36. The van der Waals surface area contributed by atoms with E-state index in [4.69, 9.17) is 18.0 Å². The summed E-state index contributed by atoms with van der Waals surface area (Å²) in [5, 5.41) is 9.41. The van der Waals surface area contributed by atoms with Gasteiger partial charge in [0.1, 0.15) is 5.75 Å². The molecule has 13 heavy (non-hydrogen) atoms. The van der Waals surface area contributed by atoms with Crippen molar-refractivity contribution in [2.75, 3.05) is 0 Å². The summed E-state index contributed by atoms with van der Waals surface area (Å²) < 4.78 is 0. The average molecular weight is 195 g/mol.